The normalized spacial score (nSPS) is 12.0. The Morgan fingerprint density at radius 2 is 1.74 bits per heavy atom. The number of para-hydroxylation sites is 3. The summed E-state index contributed by atoms with van der Waals surface area (Å²) in [6, 6.07) is 15.5. The van der Waals surface area contributed by atoms with Crippen molar-refractivity contribution in [2.45, 2.75) is 4.90 Å². The molecule has 2 aromatic carbocycles. The van der Waals surface area contributed by atoms with Gasteiger partial charge < -0.3 is 5.73 Å². The van der Waals surface area contributed by atoms with Gasteiger partial charge in [-0.1, -0.05) is 30.3 Å². The molecule has 0 spiro atoms. The van der Waals surface area contributed by atoms with Gasteiger partial charge in [0.25, 0.3) is 10.0 Å². The Labute approximate surface area is 132 Å². The van der Waals surface area contributed by atoms with Gasteiger partial charge in [0.1, 0.15) is 4.90 Å². The summed E-state index contributed by atoms with van der Waals surface area (Å²) >= 11 is 0. The summed E-state index contributed by atoms with van der Waals surface area (Å²) in [7, 11) is -3.91. The van der Waals surface area contributed by atoms with Crippen LogP contribution in [0.15, 0.2) is 65.7 Å². The number of benzene rings is 2. The van der Waals surface area contributed by atoms with Crippen molar-refractivity contribution in [3.63, 3.8) is 0 Å². The molecule has 114 valence electrons. The molecule has 0 aliphatic heterocycles. The lowest BCUT2D eigenvalue weighted by molar-refractivity contribution is 0.590. The maximum Gasteiger partial charge on any atom is 0.273 e. The highest BCUT2D eigenvalue weighted by Crippen LogP contribution is 2.28. The number of anilines is 1. The van der Waals surface area contributed by atoms with Crippen LogP contribution < -0.4 is 5.73 Å². The standard InChI is InChI=1S/C16H12N4O2S/c17-16-19-12-7-1-2-8-13(12)20(16)23(21,22)14-9-3-5-11-6-4-10-18-15(11)14/h1-10H,(H2,17,19). The number of pyridine rings is 1. The number of rotatable bonds is 2. The predicted molar refractivity (Wildman–Crippen MR) is 88.5 cm³/mol. The van der Waals surface area contributed by atoms with E-state index in [1.54, 1.807) is 42.6 Å². The van der Waals surface area contributed by atoms with Crippen molar-refractivity contribution in [3.05, 3.63) is 60.8 Å². The molecule has 6 nitrogen and oxygen atoms in total. The highest BCUT2D eigenvalue weighted by atomic mass is 32.2. The number of nitrogen functional groups attached to an aromatic ring is 1. The first-order valence-corrected chi connectivity index (χ1v) is 8.35. The van der Waals surface area contributed by atoms with Crippen molar-refractivity contribution in [2.75, 3.05) is 5.73 Å². The molecule has 2 heterocycles. The molecular weight excluding hydrogens is 312 g/mol. The zero-order valence-corrected chi connectivity index (χ0v) is 12.7. The molecule has 7 heteroatoms. The molecule has 0 radical (unpaired) electrons. The molecule has 0 bridgehead atoms. The minimum absolute atomic E-state index is 0.0702. The van der Waals surface area contributed by atoms with Crippen LogP contribution in [0.5, 0.6) is 0 Å². The lowest BCUT2D eigenvalue weighted by Crippen LogP contribution is -2.16. The molecular formula is C16H12N4O2S. The molecule has 4 rings (SSSR count). The molecule has 0 fully saturated rings. The van der Waals surface area contributed by atoms with Gasteiger partial charge in [0.15, 0.2) is 0 Å². The average Bonchev–Trinajstić information content (AvgIpc) is 2.90. The van der Waals surface area contributed by atoms with Gasteiger partial charge in [-0.15, -0.1) is 0 Å². The summed E-state index contributed by atoms with van der Waals surface area (Å²) in [4.78, 5) is 8.44. The molecule has 0 saturated heterocycles. The second-order valence-corrected chi connectivity index (χ2v) is 6.81. The fraction of sp³-hybridized carbons (Fsp3) is 0. The maximum atomic E-state index is 13.1. The van der Waals surface area contributed by atoms with Crippen LogP contribution in [0.1, 0.15) is 0 Å². The van der Waals surface area contributed by atoms with E-state index in [9.17, 15) is 8.42 Å². The lowest BCUT2D eigenvalue weighted by atomic mass is 10.2. The van der Waals surface area contributed by atoms with Gasteiger partial charge in [0.05, 0.1) is 16.6 Å². The van der Waals surface area contributed by atoms with Gasteiger partial charge in [-0.25, -0.2) is 17.4 Å². The van der Waals surface area contributed by atoms with E-state index in [-0.39, 0.29) is 10.8 Å². The van der Waals surface area contributed by atoms with Crippen LogP contribution in [0.3, 0.4) is 0 Å². The predicted octanol–water partition coefficient (Wildman–Crippen LogP) is 2.40. The van der Waals surface area contributed by atoms with E-state index in [0.29, 0.717) is 16.6 Å². The number of hydrogen-bond acceptors (Lipinski definition) is 5. The SMILES string of the molecule is Nc1nc2ccccc2n1S(=O)(=O)c1cccc2cccnc12. The summed E-state index contributed by atoms with van der Waals surface area (Å²) < 4.78 is 27.4. The summed E-state index contributed by atoms with van der Waals surface area (Å²) in [5.41, 5.74) is 7.25. The zero-order valence-electron chi connectivity index (χ0n) is 11.9. The molecule has 4 aromatic rings. The van der Waals surface area contributed by atoms with Crippen molar-refractivity contribution in [1.29, 1.82) is 0 Å². The lowest BCUT2D eigenvalue weighted by Gasteiger charge is -2.10. The van der Waals surface area contributed by atoms with Gasteiger partial charge in [0.2, 0.25) is 5.95 Å². The van der Waals surface area contributed by atoms with E-state index in [0.717, 1.165) is 9.36 Å². The first-order chi connectivity index (χ1) is 11.1. The molecule has 2 N–H and O–H groups in total. The fourth-order valence-electron chi connectivity index (χ4n) is 2.66. The van der Waals surface area contributed by atoms with Gasteiger partial charge >= 0.3 is 0 Å². The van der Waals surface area contributed by atoms with Crippen LogP contribution in [0.2, 0.25) is 0 Å². The van der Waals surface area contributed by atoms with Crippen molar-refractivity contribution >= 4 is 37.9 Å². The van der Waals surface area contributed by atoms with E-state index in [2.05, 4.69) is 9.97 Å². The minimum Gasteiger partial charge on any atom is -0.368 e. The molecule has 0 aliphatic carbocycles. The van der Waals surface area contributed by atoms with Crippen LogP contribution in [0.25, 0.3) is 21.9 Å². The van der Waals surface area contributed by atoms with Crippen molar-refractivity contribution in [1.82, 2.24) is 13.9 Å². The third-order valence-electron chi connectivity index (χ3n) is 3.66. The monoisotopic (exact) mass is 324 g/mol. The number of fused-ring (bicyclic) bond motifs is 2. The molecule has 0 saturated carbocycles. The highest BCUT2D eigenvalue weighted by molar-refractivity contribution is 7.90. The smallest absolute Gasteiger partial charge is 0.273 e. The molecule has 2 aromatic heterocycles. The third-order valence-corrected chi connectivity index (χ3v) is 5.41. The average molecular weight is 324 g/mol. The van der Waals surface area contributed by atoms with E-state index in [1.807, 2.05) is 12.1 Å². The quantitative estimate of drug-likeness (QED) is 0.611. The third kappa shape index (κ3) is 1.97. The maximum absolute atomic E-state index is 13.1. The van der Waals surface area contributed by atoms with Crippen LogP contribution in [-0.2, 0) is 10.0 Å². The van der Waals surface area contributed by atoms with Crippen LogP contribution in [0.4, 0.5) is 5.95 Å². The van der Waals surface area contributed by atoms with Crippen molar-refractivity contribution in [2.24, 2.45) is 0 Å². The van der Waals surface area contributed by atoms with Gasteiger partial charge in [-0.3, -0.25) is 4.98 Å². The van der Waals surface area contributed by atoms with Crippen molar-refractivity contribution < 1.29 is 8.42 Å². The number of aromatic nitrogens is 3. The van der Waals surface area contributed by atoms with Crippen LogP contribution >= 0.6 is 0 Å². The first kappa shape index (κ1) is 13.7. The fourth-order valence-corrected chi connectivity index (χ4v) is 4.22. The van der Waals surface area contributed by atoms with Gasteiger partial charge in [-0.2, -0.15) is 0 Å². The molecule has 0 amide bonds. The second-order valence-electron chi connectivity index (χ2n) is 5.06. The van der Waals surface area contributed by atoms with Gasteiger partial charge in [-0.05, 0) is 24.3 Å². The topological polar surface area (TPSA) is 90.9 Å². The molecule has 23 heavy (non-hydrogen) atoms. The number of imidazole rings is 1. The summed E-state index contributed by atoms with van der Waals surface area (Å²) in [6.07, 6.45) is 1.57. The number of nitrogens with two attached hydrogens (primary N) is 1. The zero-order chi connectivity index (χ0) is 16.0. The largest absolute Gasteiger partial charge is 0.368 e. The van der Waals surface area contributed by atoms with Crippen LogP contribution in [0, 0.1) is 0 Å². The first-order valence-electron chi connectivity index (χ1n) is 6.91. The van der Waals surface area contributed by atoms with Crippen molar-refractivity contribution in [3.8, 4) is 0 Å². The Balaban J connectivity index is 2.09. The summed E-state index contributed by atoms with van der Waals surface area (Å²) in [5, 5.41) is 0.747. The van der Waals surface area contributed by atoms with Crippen LogP contribution in [-0.4, -0.2) is 22.4 Å². The van der Waals surface area contributed by atoms with E-state index in [4.69, 9.17) is 5.73 Å². The Morgan fingerprint density at radius 1 is 0.957 bits per heavy atom. The molecule has 0 unspecified atom stereocenters. The Kier molecular flexibility index (Phi) is 2.85. The molecule has 0 aliphatic rings. The second kappa shape index (κ2) is 4.79. The Morgan fingerprint density at radius 3 is 2.61 bits per heavy atom. The highest BCUT2D eigenvalue weighted by Gasteiger charge is 2.25. The number of nitrogens with zero attached hydrogens (tertiary/aromatic N) is 3. The Hall–Kier alpha value is -2.93. The van der Waals surface area contributed by atoms with E-state index in [1.165, 1.54) is 6.07 Å². The minimum atomic E-state index is -3.91. The summed E-state index contributed by atoms with van der Waals surface area (Å²) in [5.74, 6) is -0.0702. The summed E-state index contributed by atoms with van der Waals surface area (Å²) in [6.45, 7) is 0. The Bertz CT molecular complexity index is 1140. The van der Waals surface area contributed by atoms with E-state index < -0.39 is 10.0 Å². The molecule has 0 atom stereocenters. The number of hydrogen-bond donors (Lipinski definition) is 1. The van der Waals surface area contributed by atoms with E-state index >= 15 is 0 Å². The van der Waals surface area contributed by atoms with Gasteiger partial charge in [0, 0.05) is 11.6 Å².